The zero-order valence-corrected chi connectivity index (χ0v) is 10.4. The standard InChI is InChI=1S/C14H19NO2/c1-3-13-12(9-15-8-10(2)16)11-6-4-5-7-14(11)17-13/h4-7,10,15-16H,3,8-9H2,1-2H3. The maximum atomic E-state index is 9.23. The van der Waals surface area contributed by atoms with E-state index < -0.39 is 0 Å². The number of aliphatic hydroxyl groups is 1. The molecule has 2 aromatic rings. The third-order valence-corrected chi connectivity index (χ3v) is 2.84. The third-order valence-electron chi connectivity index (χ3n) is 2.84. The van der Waals surface area contributed by atoms with E-state index in [2.05, 4.69) is 18.3 Å². The molecule has 0 spiro atoms. The molecule has 92 valence electrons. The summed E-state index contributed by atoms with van der Waals surface area (Å²) in [6.45, 7) is 5.21. The summed E-state index contributed by atoms with van der Waals surface area (Å²) in [4.78, 5) is 0. The molecule has 1 aromatic heterocycles. The molecule has 0 aliphatic rings. The van der Waals surface area contributed by atoms with Crippen molar-refractivity contribution in [2.24, 2.45) is 0 Å². The van der Waals surface area contributed by atoms with Crippen LogP contribution >= 0.6 is 0 Å². The topological polar surface area (TPSA) is 45.4 Å². The Morgan fingerprint density at radius 1 is 1.35 bits per heavy atom. The molecule has 0 saturated carbocycles. The number of benzene rings is 1. The minimum Gasteiger partial charge on any atom is -0.461 e. The molecular weight excluding hydrogens is 214 g/mol. The summed E-state index contributed by atoms with van der Waals surface area (Å²) in [6.07, 6.45) is 0.568. The second kappa shape index (κ2) is 5.34. The van der Waals surface area contributed by atoms with E-state index in [9.17, 15) is 5.11 Å². The van der Waals surface area contributed by atoms with Crippen LogP contribution < -0.4 is 5.32 Å². The van der Waals surface area contributed by atoms with Crippen LogP contribution in [0.15, 0.2) is 28.7 Å². The smallest absolute Gasteiger partial charge is 0.134 e. The van der Waals surface area contributed by atoms with Crippen LogP contribution in [0.5, 0.6) is 0 Å². The van der Waals surface area contributed by atoms with E-state index in [1.165, 1.54) is 10.9 Å². The zero-order chi connectivity index (χ0) is 12.3. The molecule has 0 bridgehead atoms. The van der Waals surface area contributed by atoms with Gasteiger partial charge in [-0.3, -0.25) is 0 Å². The molecule has 17 heavy (non-hydrogen) atoms. The van der Waals surface area contributed by atoms with Gasteiger partial charge in [0.25, 0.3) is 0 Å². The van der Waals surface area contributed by atoms with Crippen molar-refractivity contribution < 1.29 is 9.52 Å². The monoisotopic (exact) mass is 233 g/mol. The van der Waals surface area contributed by atoms with Crippen molar-refractivity contribution in [3.8, 4) is 0 Å². The number of fused-ring (bicyclic) bond motifs is 1. The second-order valence-electron chi connectivity index (χ2n) is 4.33. The van der Waals surface area contributed by atoms with Gasteiger partial charge < -0.3 is 14.8 Å². The first-order valence-corrected chi connectivity index (χ1v) is 6.10. The van der Waals surface area contributed by atoms with Crippen molar-refractivity contribution in [2.75, 3.05) is 6.54 Å². The van der Waals surface area contributed by atoms with E-state index in [1.807, 2.05) is 18.2 Å². The zero-order valence-electron chi connectivity index (χ0n) is 10.4. The van der Waals surface area contributed by atoms with Crippen molar-refractivity contribution in [3.63, 3.8) is 0 Å². The summed E-state index contributed by atoms with van der Waals surface area (Å²) in [7, 11) is 0. The first kappa shape index (κ1) is 12.1. The van der Waals surface area contributed by atoms with Gasteiger partial charge in [-0.05, 0) is 13.0 Å². The fourth-order valence-corrected chi connectivity index (χ4v) is 2.03. The van der Waals surface area contributed by atoms with Crippen LogP contribution in [0.4, 0.5) is 0 Å². The molecule has 0 aliphatic carbocycles. The number of furan rings is 1. The Hall–Kier alpha value is -1.32. The van der Waals surface area contributed by atoms with Crippen LogP contribution in [-0.2, 0) is 13.0 Å². The van der Waals surface area contributed by atoms with Gasteiger partial charge in [-0.25, -0.2) is 0 Å². The summed E-state index contributed by atoms with van der Waals surface area (Å²) in [6, 6.07) is 8.08. The van der Waals surface area contributed by atoms with E-state index in [4.69, 9.17) is 4.42 Å². The first-order chi connectivity index (χ1) is 8.22. The van der Waals surface area contributed by atoms with E-state index in [-0.39, 0.29) is 6.10 Å². The van der Waals surface area contributed by atoms with Gasteiger partial charge in [0, 0.05) is 30.5 Å². The number of hydrogen-bond acceptors (Lipinski definition) is 3. The highest BCUT2D eigenvalue weighted by Gasteiger charge is 2.11. The van der Waals surface area contributed by atoms with Crippen molar-refractivity contribution in [1.29, 1.82) is 0 Å². The van der Waals surface area contributed by atoms with Crippen LogP contribution in [0.25, 0.3) is 11.0 Å². The lowest BCUT2D eigenvalue weighted by Crippen LogP contribution is -2.24. The molecule has 2 rings (SSSR count). The second-order valence-corrected chi connectivity index (χ2v) is 4.33. The average Bonchev–Trinajstić information content (AvgIpc) is 2.67. The highest BCUT2D eigenvalue weighted by molar-refractivity contribution is 5.82. The lowest BCUT2D eigenvalue weighted by molar-refractivity contribution is 0.191. The number of aryl methyl sites for hydroxylation is 1. The highest BCUT2D eigenvalue weighted by atomic mass is 16.3. The van der Waals surface area contributed by atoms with Gasteiger partial charge in [-0.2, -0.15) is 0 Å². The van der Waals surface area contributed by atoms with Crippen molar-refractivity contribution in [2.45, 2.75) is 32.9 Å². The van der Waals surface area contributed by atoms with Gasteiger partial charge in [-0.15, -0.1) is 0 Å². The Morgan fingerprint density at radius 3 is 2.82 bits per heavy atom. The largest absolute Gasteiger partial charge is 0.461 e. The predicted octanol–water partition coefficient (Wildman–Crippen LogP) is 2.47. The highest BCUT2D eigenvalue weighted by Crippen LogP contribution is 2.25. The van der Waals surface area contributed by atoms with Crippen LogP contribution in [-0.4, -0.2) is 17.8 Å². The quantitative estimate of drug-likeness (QED) is 0.834. The first-order valence-electron chi connectivity index (χ1n) is 6.10. The summed E-state index contributed by atoms with van der Waals surface area (Å²) >= 11 is 0. The lowest BCUT2D eigenvalue weighted by atomic mass is 10.1. The minimum absolute atomic E-state index is 0.321. The normalized spacial score (nSPS) is 13.1. The van der Waals surface area contributed by atoms with Gasteiger partial charge >= 0.3 is 0 Å². The van der Waals surface area contributed by atoms with Crippen LogP contribution in [0.1, 0.15) is 25.2 Å². The summed E-state index contributed by atoms with van der Waals surface area (Å²) < 4.78 is 5.80. The molecule has 3 nitrogen and oxygen atoms in total. The summed E-state index contributed by atoms with van der Waals surface area (Å²) in [5, 5.41) is 13.6. The minimum atomic E-state index is -0.321. The maximum Gasteiger partial charge on any atom is 0.134 e. The molecule has 1 aromatic carbocycles. The third kappa shape index (κ3) is 2.68. The molecule has 0 fully saturated rings. The Labute approximate surface area is 101 Å². The van der Waals surface area contributed by atoms with Gasteiger partial charge in [-0.1, -0.05) is 25.1 Å². The average molecular weight is 233 g/mol. The van der Waals surface area contributed by atoms with Crippen LogP contribution in [0.2, 0.25) is 0 Å². The van der Waals surface area contributed by atoms with Gasteiger partial charge in [0.1, 0.15) is 11.3 Å². The van der Waals surface area contributed by atoms with Crippen LogP contribution in [0, 0.1) is 0 Å². The molecule has 1 unspecified atom stereocenters. The SMILES string of the molecule is CCc1oc2ccccc2c1CNCC(C)O. The predicted molar refractivity (Wildman–Crippen MR) is 69.0 cm³/mol. The maximum absolute atomic E-state index is 9.23. The molecular formula is C14H19NO2. The fourth-order valence-electron chi connectivity index (χ4n) is 2.03. The Balaban J connectivity index is 2.24. The molecule has 1 atom stereocenters. The Kier molecular flexibility index (Phi) is 3.82. The van der Waals surface area contributed by atoms with Gasteiger partial charge in [0.2, 0.25) is 0 Å². The number of rotatable bonds is 5. The van der Waals surface area contributed by atoms with Gasteiger partial charge in [0.15, 0.2) is 0 Å². The number of hydrogen-bond donors (Lipinski definition) is 2. The number of aliphatic hydroxyl groups excluding tert-OH is 1. The van der Waals surface area contributed by atoms with E-state index >= 15 is 0 Å². The summed E-state index contributed by atoms with van der Waals surface area (Å²) in [5.41, 5.74) is 2.15. The molecule has 1 heterocycles. The molecule has 0 radical (unpaired) electrons. The molecule has 0 saturated heterocycles. The number of nitrogens with one attached hydrogen (secondary N) is 1. The van der Waals surface area contributed by atoms with E-state index in [0.29, 0.717) is 6.54 Å². The fraction of sp³-hybridized carbons (Fsp3) is 0.429. The van der Waals surface area contributed by atoms with E-state index in [1.54, 1.807) is 6.92 Å². The Bertz CT molecular complexity index is 488. The van der Waals surface area contributed by atoms with Crippen molar-refractivity contribution >= 4 is 11.0 Å². The van der Waals surface area contributed by atoms with E-state index in [0.717, 1.165) is 24.3 Å². The molecule has 0 amide bonds. The Morgan fingerprint density at radius 2 is 2.12 bits per heavy atom. The molecule has 0 aliphatic heterocycles. The van der Waals surface area contributed by atoms with Crippen molar-refractivity contribution in [1.82, 2.24) is 5.32 Å². The number of para-hydroxylation sites is 1. The van der Waals surface area contributed by atoms with Crippen molar-refractivity contribution in [3.05, 3.63) is 35.6 Å². The van der Waals surface area contributed by atoms with Crippen LogP contribution in [0.3, 0.4) is 0 Å². The molecule has 2 N–H and O–H groups in total. The lowest BCUT2D eigenvalue weighted by Gasteiger charge is -2.06. The summed E-state index contributed by atoms with van der Waals surface area (Å²) in [5.74, 6) is 1.03. The molecule has 3 heteroatoms. The van der Waals surface area contributed by atoms with Gasteiger partial charge in [0.05, 0.1) is 6.10 Å².